The summed E-state index contributed by atoms with van der Waals surface area (Å²) in [4.78, 5) is 22.0. The van der Waals surface area contributed by atoms with Gasteiger partial charge in [-0.3, -0.25) is 4.79 Å². The van der Waals surface area contributed by atoms with Crippen LogP contribution in [-0.2, 0) is 16.0 Å². The molecule has 0 aliphatic carbocycles. The van der Waals surface area contributed by atoms with E-state index in [9.17, 15) is 53.5 Å². The number of benzene rings is 1. The number of nitrogens with one attached hydrogen (secondary N) is 1. The van der Waals surface area contributed by atoms with Gasteiger partial charge < -0.3 is 10.1 Å². The van der Waals surface area contributed by atoms with Gasteiger partial charge in [-0.25, -0.2) is 4.79 Å². The Kier molecular flexibility index (Phi) is 6.57. The van der Waals surface area contributed by atoms with Crippen LogP contribution in [0.15, 0.2) is 24.3 Å². The quantitative estimate of drug-likeness (QED) is 0.427. The molecule has 0 aliphatic heterocycles. The van der Waals surface area contributed by atoms with Gasteiger partial charge in [0.05, 0.1) is 0 Å². The maximum atomic E-state index is 12.9. The zero-order valence-electron chi connectivity index (χ0n) is 13.2. The minimum atomic E-state index is -6.24. The van der Waals surface area contributed by atoms with Crippen molar-refractivity contribution in [2.24, 2.45) is 0 Å². The molecule has 0 saturated heterocycles. The zero-order chi connectivity index (χ0) is 22.0. The molecule has 0 heterocycles. The number of esters is 1. The largest absolute Gasteiger partial charge is 0.465 e. The number of halogens is 10. The van der Waals surface area contributed by atoms with Crippen molar-refractivity contribution in [3.05, 3.63) is 29.8 Å². The smallest absolute Gasteiger partial charge is 0.422 e. The lowest BCUT2D eigenvalue weighted by atomic mass is 10.1. The lowest BCUT2D eigenvalue weighted by molar-refractivity contribution is -0.276. The van der Waals surface area contributed by atoms with Gasteiger partial charge in [0.1, 0.15) is 5.75 Å². The molecule has 0 radical (unpaired) electrons. The van der Waals surface area contributed by atoms with E-state index in [1.165, 1.54) is 11.4 Å². The molecule has 1 rings (SSSR count). The van der Waals surface area contributed by atoms with Gasteiger partial charge in [-0.1, -0.05) is 18.2 Å². The van der Waals surface area contributed by atoms with Crippen LogP contribution in [0, 0.1) is 0 Å². The number of alkyl halides is 10. The Balaban J connectivity index is 2.84. The highest BCUT2D eigenvalue weighted by molar-refractivity contribution is 5.84. The van der Waals surface area contributed by atoms with Crippen LogP contribution in [0.5, 0.6) is 5.75 Å². The first-order valence-corrected chi connectivity index (χ1v) is 6.99. The zero-order valence-corrected chi connectivity index (χ0v) is 13.2. The van der Waals surface area contributed by atoms with Gasteiger partial charge in [0.2, 0.25) is 0 Å². The third kappa shape index (κ3) is 5.04. The van der Waals surface area contributed by atoms with Gasteiger partial charge in [0.25, 0.3) is 5.91 Å². The summed E-state index contributed by atoms with van der Waals surface area (Å²) < 4.78 is 128. The lowest BCUT2D eigenvalue weighted by Gasteiger charge is -2.19. The molecule has 28 heavy (non-hydrogen) atoms. The van der Waals surface area contributed by atoms with Crippen LogP contribution in [0.2, 0.25) is 0 Å². The van der Waals surface area contributed by atoms with Crippen LogP contribution in [-0.4, -0.2) is 42.6 Å². The highest BCUT2D eigenvalue weighted by Crippen LogP contribution is 2.37. The monoisotopic (exact) mass is 429 g/mol. The second-order valence-electron chi connectivity index (χ2n) is 5.15. The fourth-order valence-corrected chi connectivity index (χ4v) is 1.64. The summed E-state index contributed by atoms with van der Waals surface area (Å²) in [5, 5.41) is 1.24. The first-order valence-electron chi connectivity index (χ1n) is 6.99. The number of hydrogen-bond acceptors (Lipinski definition) is 3. The molecular formula is C14H9F10NO3. The summed E-state index contributed by atoms with van der Waals surface area (Å²) >= 11 is 0. The minimum absolute atomic E-state index is 0.315. The predicted octanol–water partition coefficient (Wildman–Crippen LogP) is 3.65. The van der Waals surface area contributed by atoms with E-state index in [0.29, 0.717) is 0 Å². The van der Waals surface area contributed by atoms with Gasteiger partial charge >= 0.3 is 30.2 Å². The highest BCUT2D eigenvalue weighted by atomic mass is 19.4. The first kappa shape index (κ1) is 23.5. The van der Waals surface area contributed by atoms with Crippen molar-refractivity contribution >= 4 is 11.9 Å². The molecular weight excluding hydrogens is 420 g/mol. The fourth-order valence-electron chi connectivity index (χ4n) is 1.64. The average molecular weight is 429 g/mol. The van der Waals surface area contributed by atoms with E-state index in [4.69, 9.17) is 0 Å². The number of hydrogen-bond donors (Lipinski definition) is 1. The maximum Gasteiger partial charge on any atom is 0.465 e. The average Bonchev–Trinajstić information content (AvgIpc) is 2.53. The van der Waals surface area contributed by atoms with Crippen molar-refractivity contribution in [2.45, 2.75) is 30.6 Å². The molecule has 0 spiro atoms. The van der Waals surface area contributed by atoms with Gasteiger partial charge in [-0.2, -0.15) is 43.9 Å². The molecule has 0 bridgehead atoms. The van der Waals surface area contributed by atoms with Gasteiger partial charge in [0, 0.05) is 6.54 Å². The van der Waals surface area contributed by atoms with E-state index in [0.717, 1.165) is 18.2 Å². The van der Waals surface area contributed by atoms with E-state index in [2.05, 4.69) is 4.74 Å². The third-order valence-corrected chi connectivity index (χ3v) is 3.11. The fraction of sp³-hybridized carbons (Fsp3) is 0.429. The summed E-state index contributed by atoms with van der Waals surface area (Å²) in [6.07, 6.45) is -13.0. The third-order valence-electron chi connectivity index (χ3n) is 3.11. The molecule has 1 aromatic carbocycles. The SMILES string of the molecule is O=C(NCCc1ccccc1OC(=O)C(F)(F)C(F)(F)F)C(F)(F)C(F)(F)F. The maximum absolute atomic E-state index is 12.9. The summed E-state index contributed by atoms with van der Waals surface area (Å²) in [5.74, 6) is -18.0. The van der Waals surface area contributed by atoms with E-state index in [1.807, 2.05) is 0 Å². The number of amides is 1. The van der Waals surface area contributed by atoms with Gasteiger partial charge in [-0.05, 0) is 18.1 Å². The Morgan fingerprint density at radius 3 is 1.82 bits per heavy atom. The molecule has 0 aliphatic rings. The topological polar surface area (TPSA) is 55.4 Å². The summed E-state index contributed by atoms with van der Waals surface area (Å²) in [6.45, 7) is -0.894. The molecule has 0 atom stereocenters. The molecule has 14 heteroatoms. The molecule has 4 nitrogen and oxygen atoms in total. The number of ether oxygens (including phenoxy) is 1. The van der Waals surface area contributed by atoms with Gasteiger partial charge in [-0.15, -0.1) is 0 Å². The standard InChI is InChI=1S/C14H9F10NO3/c15-11(16,13(19,20)21)9(26)25-6-5-7-3-1-2-4-8(7)28-10(27)12(17,18)14(22,23)24/h1-4H,5-6H2,(H,25,26). The van der Waals surface area contributed by atoms with Crippen molar-refractivity contribution in [3.8, 4) is 5.75 Å². The van der Waals surface area contributed by atoms with Crippen LogP contribution < -0.4 is 10.1 Å². The van der Waals surface area contributed by atoms with E-state index >= 15 is 0 Å². The number of rotatable bonds is 6. The number of para-hydroxylation sites is 1. The summed E-state index contributed by atoms with van der Waals surface area (Å²) in [7, 11) is 0. The Labute approximate surface area is 149 Å². The lowest BCUT2D eigenvalue weighted by Crippen LogP contribution is -2.50. The highest BCUT2D eigenvalue weighted by Gasteiger charge is 2.65. The van der Waals surface area contributed by atoms with Crippen LogP contribution in [0.4, 0.5) is 43.9 Å². The summed E-state index contributed by atoms with van der Waals surface area (Å²) in [6, 6.07) is 4.03. The molecule has 1 aromatic rings. The second-order valence-corrected chi connectivity index (χ2v) is 5.15. The van der Waals surface area contributed by atoms with E-state index in [1.54, 1.807) is 0 Å². The van der Waals surface area contributed by atoms with Crippen LogP contribution in [0.25, 0.3) is 0 Å². The molecule has 0 aromatic heterocycles. The first-order chi connectivity index (χ1) is 12.5. The Morgan fingerprint density at radius 1 is 0.821 bits per heavy atom. The van der Waals surface area contributed by atoms with Crippen molar-refractivity contribution in [1.29, 1.82) is 0 Å². The van der Waals surface area contributed by atoms with Crippen LogP contribution in [0.3, 0.4) is 0 Å². The molecule has 0 fully saturated rings. The Morgan fingerprint density at radius 2 is 1.32 bits per heavy atom. The molecule has 0 saturated carbocycles. The van der Waals surface area contributed by atoms with Crippen molar-refractivity contribution in [3.63, 3.8) is 0 Å². The molecule has 1 N–H and O–H groups in total. The van der Waals surface area contributed by atoms with E-state index in [-0.39, 0.29) is 5.56 Å². The Hall–Kier alpha value is -2.54. The summed E-state index contributed by atoms with van der Waals surface area (Å²) in [5.41, 5.74) is -0.315. The van der Waals surface area contributed by atoms with Crippen molar-refractivity contribution in [1.82, 2.24) is 5.32 Å². The molecule has 1 amide bonds. The normalized spacial score (nSPS) is 13.2. The van der Waals surface area contributed by atoms with Crippen LogP contribution >= 0.6 is 0 Å². The van der Waals surface area contributed by atoms with Crippen molar-refractivity contribution < 1.29 is 58.2 Å². The number of carbonyl (C=O) groups is 2. The van der Waals surface area contributed by atoms with Crippen molar-refractivity contribution in [2.75, 3.05) is 6.54 Å². The molecule has 158 valence electrons. The van der Waals surface area contributed by atoms with E-state index < -0.39 is 54.8 Å². The Bertz CT molecular complexity index is 727. The van der Waals surface area contributed by atoms with Crippen LogP contribution in [0.1, 0.15) is 5.56 Å². The van der Waals surface area contributed by atoms with Gasteiger partial charge in [0.15, 0.2) is 0 Å². The predicted molar refractivity (Wildman–Crippen MR) is 70.8 cm³/mol. The minimum Gasteiger partial charge on any atom is -0.422 e. The molecule has 0 unspecified atom stereocenters. The number of carbonyl (C=O) groups excluding carboxylic acids is 2. The second kappa shape index (κ2) is 7.83.